The summed E-state index contributed by atoms with van der Waals surface area (Å²) in [5.41, 5.74) is 2.50. The number of amides is 1. The summed E-state index contributed by atoms with van der Waals surface area (Å²) in [6.45, 7) is 0.505. The fraction of sp³-hybridized carbons (Fsp3) is 0.0435. The molecule has 0 unspecified atom stereocenters. The van der Waals surface area contributed by atoms with Crippen molar-refractivity contribution in [3.05, 3.63) is 98.9 Å². The number of benzene rings is 3. The van der Waals surface area contributed by atoms with Crippen LogP contribution in [-0.2, 0) is 11.4 Å². The number of thioether (sulfide) groups is 1. The van der Waals surface area contributed by atoms with Crippen molar-refractivity contribution in [2.45, 2.75) is 6.61 Å². The molecule has 4 nitrogen and oxygen atoms in total. The maximum Gasteiger partial charge on any atom is 0.264 e. The molecule has 1 amide bonds. The first-order valence-corrected chi connectivity index (χ1v) is 10.7. The number of carbonyl (C=O) groups excluding carboxylic acids is 1. The van der Waals surface area contributed by atoms with E-state index in [0.717, 1.165) is 16.9 Å². The third-order valence-electron chi connectivity index (χ3n) is 4.21. The summed E-state index contributed by atoms with van der Waals surface area (Å²) >= 11 is 13.4. The van der Waals surface area contributed by atoms with E-state index in [1.54, 1.807) is 18.2 Å². The van der Waals surface area contributed by atoms with Gasteiger partial charge in [0.1, 0.15) is 12.4 Å². The van der Waals surface area contributed by atoms with Gasteiger partial charge in [-0.25, -0.2) is 4.99 Å². The Morgan fingerprint density at radius 3 is 2.53 bits per heavy atom. The highest BCUT2D eigenvalue weighted by Gasteiger charge is 2.24. The van der Waals surface area contributed by atoms with E-state index >= 15 is 0 Å². The van der Waals surface area contributed by atoms with E-state index in [1.807, 2.05) is 60.7 Å². The van der Waals surface area contributed by atoms with Crippen LogP contribution in [0.4, 0.5) is 5.69 Å². The van der Waals surface area contributed by atoms with Crippen molar-refractivity contribution in [3.63, 3.8) is 0 Å². The lowest BCUT2D eigenvalue weighted by molar-refractivity contribution is -0.115. The number of rotatable bonds is 5. The Bertz CT molecular complexity index is 1130. The predicted molar refractivity (Wildman–Crippen MR) is 124 cm³/mol. The standard InChI is InChI=1S/C23H16Cl2N2O2S/c24-17-8-11-19(25)20(13-17)26-23-27-22(28)21(30-23)12-15-6-9-18(10-7-15)29-14-16-4-2-1-3-5-16/h1-13H,14H2,(H,26,27,28)/b21-12+. The molecule has 150 valence electrons. The van der Waals surface area contributed by atoms with Gasteiger partial charge in [0.2, 0.25) is 0 Å². The zero-order valence-corrected chi connectivity index (χ0v) is 18.0. The van der Waals surface area contributed by atoms with Gasteiger partial charge in [-0.05, 0) is 59.3 Å². The predicted octanol–water partition coefficient (Wildman–Crippen LogP) is 6.46. The molecule has 0 bridgehead atoms. The van der Waals surface area contributed by atoms with Crippen LogP contribution in [0.3, 0.4) is 0 Å². The minimum Gasteiger partial charge on any atom is -0.489 e. The van der Waals surface area contributed by atoms with Crippen molar-refractivity contribution < 1.29 is 9.53 Å². The molecule has 0 aromatic heterocycles. The van der Waals surface area contributed by atoms with E-state index in [-0.39, 0.29) is 5.91 Å². The van der Waals surface area contributed by atoms with Gasteiger partial charge in [-0.2, -0.15) is 0 Å². The average Bonchev–Trinajstić information content (AvgIpc) is 3.09. The normalized spacial score (nSPS) is 16.1. The molecule has 1 saturated heterocycles. The summed E-state index contributed by atoms with van der Waals surface area (Å²) < 4.78 is 5.79. The molecule has 1 N–H and O–H groups in total. The minimum atomic E-state index is -0.207. The molecule has 1 fully saturated rings. The van der Waals surface area contributed by atoms with Gasteiger partial charge in [-0.3, -0.25) is 4.79 Å². The molecule has 30 heavy (non-hydrogen) atoms. The number of hydrogen-bond acceptors (Lipinski definition) is 4. The number of carbonyl (C=O) groups is 1. The van der Waals surface area contributed by atoms with Crippen LogP contribution < -0.4 is 10.1 Å². The summed E-state index contributed by atoms with van der Waals surface area (Å²) in [6.07, 6.45) is 1.81. The first-order valence-electron chi connectivity index (χ1n) is 9.08. The quantitative estimate of drug-likeness (QED) is 0.449. The largest absolute Gasteiger partial charge is 0.489 e. The maximum absolute atomic E-state index is 12.3. The van der Waals surface area contributed by atoms with Crippen LogP contribution in [0.1, 0.15) is 11.1 Å². The Labute approximate surface area is 188 Å². The van der Waals surface area contributed by atoms with Crippen LogP contribution in [0.2, 0.25) is 10.0 Å². The van der Waals surface area contributed by atoms with Crippen LogP contribution in [0.25, 0.3) is 6.08 Å². The molecule has 3 aromatic carbocycles. The van der Waals surface area contributed by atoms with Crippen molar-refractivity contribution in [3.8, 4) is 5.75 Å². The maximum atomic E-state index is 12.3. The molecule has 0 spiro atoms. The van der Waals surface area contributed by atoms with Crippen molar-refractivity contribution in [1.82, 2.24) is 5.32 Å². The van der Waals surface area contributed by atoms with E-state index in [9.17, 15) is 4.79 Å². The molecule has 4 rings (SSSR count). The molecule has 3 aromatic rings. The topological polar surface area (TPSA) is 50.7 Å². The number of nitrogens with zero attached hydrogens (tertiary/aromatic N) is 1. The molecule has 1 heterocycles. The van der Waals surface area contributed by atoms with E-state index in [2.05, 4.69) is 10.3 Å². The van der Waals surface area contributed by atoms with Crippen LogP contribution in [-0.4, -0.2) is 11.1 Å². The van der Waals surface area contributed by atoms with Crippen molar-refractivity contribution in [2.24, 2.45) is 4.99 Å². The molecule has 7 heteroatoms. The van der Waals surface area contributed by atoms with E-state index in [0.29, 0.717) is 32.4 Å². The summed E-state index contributed by atoms with van der Waals surface area (Å²) in [7, 11) is 0. The number of nitrogens with one attached hydrogen (secondary N) is 1. The SMILES string of the molecule is O=C1NC(=Nc2cc(Cl)ccc2Cl)S/C1=C/c1ccc(OCc2ccccc2)cc1. The van der Waals surface area contributed by atoms with Crippen molar-refractivity contribution in [1.29, 1.82) is 0 Å². The van der Waals surface area contributed by atoms with Gasteiger partial charge in [0.25, 0.3) is 5.91 Å². The second-order valence-corrected chi connectivity index (χ2v) is 8.30. The summed E-state index contributed by atoms with van der Waals surface area (Å²) in [5, 5.41) is 4.19. The van der Waals surface area contributed by atoms with E-state index in [4.69, 9.17) is 27.9 Å². The number of hydrogen-bond donors (Lipinski definition) is 1. The van der Waals surface area contributed by atoms with Gasteiger partial charge in [-0.15, -0.1) is 0 Å². The highest BCUT2D eigenvalue weighted by molar-refractivity contribution is 8.18. The van der Waals surface area contributed by atoms with Crippen LogP contribution in [0, 0.1) is 0 Å². The van der Waals surface area contributed by atoms with Gasteiger partial charge in [-0.1, -0.05) is 65.7 Å². The Balaban J connectivity index is 1.43. The fourth-order valence-electron chi connectivity index (χ4n) is 2.71. The lowest BCUT2D eigenvalue weighted by atomic mass is 10.2. The Morgan fingerprint density at radius 2 is 1.77 bits per heavy atom. The lowest BCUT2D eigenvalue weighted by Gasteiger charge is -2.06. The zero-order valence-electron chi connectivity index (χ0n) is 15.6. The molecule has 0 atom stereocenters. The third-order valence-corrected chi connectivity index (χ3v) is 5.67. The Kier molecular flexibility index (Phi) is 6.43. The Hall–Kier alpha value is -2.73. The minimum absolute atomic E-state index is 0.207. The molecular formula is C23H16Cl2N2O2S. The monoisotopic (exact) mass is 454 g/mol. The van der Waals surface area contributed by atoms with Gasteiger partial charge < -0.3 is 10.1 Å². The number of ether oxygens (including phenoxy) is 1. The molecule has 0 aliphatic carbocycles. The van der Waals surface area contributed by atoms with E-state index < -0.39 is 0 Å². The second kappa shape index (κ2) is 9.39. The number of aliphatic imine (C=N–C) groups is 1. The lowest BCUT2D eigenvalue weighted by Crippen LogP contribution is -2.19. The summed E-state index contributed by atoms with van der Waals surface area (Å²) in [5.74, 6) is 0.559. The number of halogens is 2. The molecule has 0 radical (unpaired) electrons. The molecule has 1 aliphatic heterocycles. The summed E-state index contributed by atoms with van der Waals surface area (Å²) in [6, 6.07) is 22.6. The van der Waals surface area contributed by atoms with Crippen LogP contribution >= 0.6 is 35.0 Å². The molecular weight excluding hydrogens is 439 g/mol. The van der Waals surface area contributed by atoms with Crippen molar-refractivity contribution >= 4 is 57.8 Å². The molecule has 0 saturated carbocycles. The van der Waals surface area contributed by atoms with Gasteiger partial charge in [0.05, 0.1) is 15.6 Å². The highest BCUT2D eigenvalue weighted by Crippen LogP contribution is 2.32. The zero-order chi connectivity index (χ0) is 20.9. The van der Waals surface area contributed by atoms with Gasteiger partial charge >= 0.3 is 0 Å². The average molecular weight is 455 g/mol. The third kappa shape index (κ3) is 5.25. The van der Waals surface area contributed by atoms with Gasteiger partial charge in [0, 0.05) is 5.02 Å². The Morgan fingerprint density at radius 1 is 1.00 bits per heavy atom. The number of amidine groups is 1. The molecule has 1 aliphatic rings. The fourth-order valence-corrected chi connectivity index (χ4v) is 3.87. The first-order chi connectivity index (χ1) is 14.6. The second-order valence-electron chi connectivity index (χ2n) is 6.42. The smallest absolute Gasteiger partial charge is 0.264 e. The van der Waals surface area contributed by atoms with Gasteiger partial charge in [0.15, 0.2) is 5.17 Å². The van der Waals surface area contributed by atoms with Crippen LogP contribution in [0.5, 0.6) is 5.75 Å². The first kappa shape index (κ1) is 20.5. The van der Waals surface area contributed by atoms with Crippen LogP contribution in [0.15, 0.2) is 82.7 Å². The van der Waals surface area contributed by atoms with Crippen molar-refractivity contribution in [2.75, 3.05) is 0 Å². The van der Waals surface area contributed by atoms with E-state index in [1.165, 1.54) is 11.8 Å². The summed E-state index contributed by atoms with van der Waals surface area (Å²) in [4.78, 5) is 17.2. The highest BCUT2D eigenvalue weighted by atomic mass is 35.5.